The van der Waals surface area contributed by atoms with E-state index in [4.69, 9.17) is 4.42 Å². The van der Waals surface area contributed by atoms with E-state index in [1.54, 1.807) is 12.4 Å². The maximum absolute atomic E-state index is 11.0. The van der Waals surface area contributed by atoms with Crippen molar-refractivity contribution in [1.82, 2.24) is 25.5 Å². The van der Waals surface area contributed by atoms with Gasteiger partial charge >= 0.3 is 6.18 Å². The molecule has 0 radical (unpaired) electrons. The number of carbonyl (C=O) groups excluding carboxylic acids is 1. The van der Waals surface area contributed by atoms with Gasteiger partial charge in [-0.15, -0.1) is 0 Å². The van der Waals surface area contributed by atoms with Crippen LogP contribution in [-0.4, -0.2) is 60.2 Å². The van der Waals surface area contributed by atoms with Crippen molar-refractivity contribution in [2.75, 3.05) is 32.7 Å². The molecular formula is C18H24F3N5O2. The first-order valence-corrected chi connectivity index (χ1v) is 8.81. The number of alkyl halides is 3. The molecule has 0 aromatic carbocycles. The Morgan fingerprint density at radius 2 is 1.96 bits per heavy atom. The number of amides is 1. The molecule has 1 amide bonds. The summed E-state index contributed by atoms with van der Waals surface area (Å²) in [7, 11) is 0. The third-order valence-electron chi connectivity index (χ3n) is 4.24. The van der Waals surface area contributed by atoms with Gasteiger partial charge in [-0.2, -0.15) is 13.2 Å². The second kappa shape index (κ2) is 9.65. The number of hydrogen-bond donors (Lipinski definition) is 2. The molecule has 1 aliphatic heterocycles. The first-order chi connectivity index (χ1) is 13.2. The quantitative estimate of drug-likeness (QED) is 0.750. The minimum absolute atomic E-state index is 0.00743. The predicted octanol–water partition coefficient (Wildman–Crippen LogP) is 2.17. The van der Waals surface area contributed by atoms with E-state index >= 15 is 0 Å². The second-order valence-electron chi connectivity index (χ2n) is 6.65. The number of halogens is 3. The molecular weight excluding hydrogens is 375 g/mol. The molecule has 28 heavy (non-hydrogen) atoms. The summed E-state index contributed by atoms with van der Waals surface area (Å²) < 4.78 is 39.0. The number of nitrogens with one attached hydrogen (secondary N) is 2. The van der Waals surface area contributed by atoms with Gasteiger partial charge in [-0.1, -0.05) is 6.07 Å². The Balaban J connectivity index is 0.000000300. The normalized spacial score (nSPS) is 15.5. The lowest BCUT2D eigenvalue weighted by Gasteiger charge is -2.38. The zero-order valence-corrected chi connectivity index (χ0v) is 15.8. The molecule has 154 valence electrons. The minimum atomic E-state index is -4.29. The van der Waals surface area contributed by atoms with Crippen LogP contribution in [0.2, 0.25) is 0 Å². The fraction of sp³-hybridized carbons (Fsp3) is 0.500. The summed E-state index contributed by atoms with van der Waals surface area (Å²) in [5.74, 6) is 1.48. The molecule has 3 heterocycles. The van der Waals surface area contributed by atoms with Gasteiger partial charge in [0.25, 0.3) is 0 Å². The third kappa shape index (κ3) is 6.31. The Bertz CT molecular complexity index is 728. The summed E-state index contributed by atoms with van der Waals surface area (Å²) >= 11 is 0. The lowest BCUT2D eigenvalue weighted by molar-refractivity contribution is -0.132. The smallest absolute Gasteiger partial charge is 0.405 e. The Morgan fingerprint density at radius 1 is 1.25 bits per heavy atom. The van der Waals surface area contributed by atoms with Gasteiger partial charge < -0.3 is 15.1 Å². The van der Waals surface area contributed by atoms with Crippen molar-refractivity contribution in [3.63, 3.8) is 0 Å². The Labute approximate surface area is 161 Å². The van der Waals surface area contributed by atoms with Crippen LogP contribution in [0.3, 0.4) is 0 Å². The van der Waals surface area contributed by atoms with Gasteiger partial charge in [-0.05, 0) is 26.0 Å². The average molecular weight is 399 g/mol. The summed E-state index contributed by atoms with van der Waals surface area (Å²) in [4.78, 5) is 20.4. The molecule has 0 aliphatic carbocycles. The van der Waals surface area contributed by atoms with Crippen LogP contribution in [0.1, 0.15) is 19.7 Å². The molecule has 1 aliphatic rings. The van der Waals surface area contributed by atoms with Gasteiger partial charge in [-0.3, -0.25) is 14.7 Å². The Morgan fingerprint density at radius 3 is 2.50 bits per heavy atom. The zero-order valence-electron chi connectivity index (χ0n) is 15.8. The van der Waals surface area contributed by atoms with E-state index in [1.807, 2.05) is 18.2 Å². The summed E-state index contributed by atoms with van der Waals surface area (Å²) in [5.41, 5.74) is 0.622. The Kier molecular flexibility index (Phi) is 7.53. The molecule has 0 spiro atoms. The lowest BCUT2D eigenvalue weighted by atomic mass is 10.0. The number of aromatic nitrogens is 2. The average Bonchev–Trinajstić information content (AvgIpc) is 3.19. The molecule has 10 heteroatoms. The highest BCUT2D eigenvalue weighted by Crippen LogP contribution is 2.30. The molecule has 3 rings (SSSR count). The van der Waals surface area contributed by atoms with Crippen LogP contribution in [0.5, 0.6) is 0 Å². The van der Waals surface area contributed by atoms with Gasteiger partial charge in [0.2, 0.25) is 12.3 Å². The van der Waals surface area contributed by atoms with Gasteiger partial charge in [0.05, 0.1) is 11.7 Å². The first-order valence-electron chi connectivity index (χ1n) is 8.81. The van der Waals surface area contributed by atoms with Crippen molar-refractivity contribution in [1.29, 1.82) is 0 Å². The van der Waals surface area contributed by atoms with Crippen LogP contribution in [0.4, 0.5) is 13.2 Å². The van der Waals surface area contributed by atoms with Crippen LogP contribution in [0.25, 0.3) is 11.5 Å². The largest absolute Gasteiger partial charge is 0.437 e. The van der Waals surface area contributed by atoms with E-state index in [0.29, 0.717) is 0 Å². The first kappa shape index (κ1) is 21.8. The topological polar surface area (TPSA) is 83.3 Å². The standard InChI is InChI=1S/C15H20N4O.C3H4F3NO/c1-15(2,19-9-7-16-8-10-19)14-18-11-13(20-14)12-5-3-4-6-17-12;4-3(5,6)1-7-2-8/h3-6,11,16H,7-10H2,1-2H3;2H,1H2,(H,7,8). The minimum Gasteiger partial charge on any atom is -0.437 e. The van der Waals surface area contributed by atoms with Crippen molar-refractivity contribution in [2.24, 2.45) is 0 Å². The molecule has 0 bridgehead atoms. The Hall–Kier alpha value is -2.46. The van der Waals surface area contributed by atoms with Crippen LogP contribution < -0.4 is 10.6 Å². The van der Waals surface area contributed by atoms with Crippen LogP contribution in [-0.2, 0) is 10.3 Å². The second-order valence-corrected chi connectivity index (χ2v) is 6.65. The number of nitrogens with zero attached hydrogens (tertiary/aromatic N) is 3. The van der Waals surface area contributed by atoms with Crippen molar-refractivity contribution in [3.05, 3.63) is 36.5 Å². The molecule has 7 nitrogen and oxygen atoms in total. The van der Waals surface area contributed by atoms with E-state index in [0.717, 1.165) is 43.5 Å². The van der Waals surface area contributed by atoms with Crippen molar-refractivity contribution >= 4 is 6.41 Å². The molecule has 2 aromatic rings. The van der Waals surface area contributed by atoms with Gasteiger partial charge in [0.15, 0.2) is 5.76 Å². The number of rotatable bonds is 5. The molecule has 0 atom stereocenters. The van der Waals surface area contributed by atoms with E-state index in [2.05, 4.69) is 34.0 Å². The lowest BCUT2D eigenvalue weighted by Crippen LogP contribution is -2.51. The van der Waals surface area contributed by atoms with E-state index in [9.17, 15) is 18.0 Å². The zero-order chi connectivity index (χ0) is 20.6. The summed E-state index contributed by atoms with van der Waals surface area (Å²) in [5, 5.41) is 4.85. The van der Waals surface area contributed by atoms with Crippen molar-refractivity contribution in [2.45, 2.75) is 25.6 Å². The van der Waals surface area contributed by atoms with Crippen molar-refractivity contribution in [3.8, 4) is 11.5 Å². The number of hydrogen-bond acceptors (Lipinski definition) is 6. The van der Waals surface area contributed by atoms with Crippen LogP contribution >= 0.6 is 0 Å². The molecule has 0 unspecified atom stereocenters. The number of oxazole rings is 1. The molecule has 1 fully saturated rings. The SMILES string of the molecule is CC(C)(c1ncc(-c2ccccn2)o1)N1CCNCC1.O=CNCC(F)(F)F. The molecule has 1 saturated heterocycles. The van der Waals surface area contributed by atoms with Gasteiger partial charge in [0.1, 0.15) is 12.2 Å². The summed E-state index contributed by atoms with van der Waals surface area (Å²) in [6.45, 7) is 7.10. The maximum atomic E-state index is 11.0. The fourth-order valence-corrected chi connectivity index (χ4v) is 2.70. The predicted molar refractivity (Wildman–Crippen MR) is 97.3 cm³/mol. The molecule has 2 N–H and O–H groups in total. The van der Waals surface area contributed by atoms with Gasteiger partial charge in [-0.25, -0.2) is 4.98 Å². The highest BCUT2D eigenvalue weighted by atomic mass is 19.4. The van der Waals surface area contributed by atoms with E-state index < -0.39 is 12.7 Å². The van der Waals surface area contributed by atoms with Gasteiger partial charge in [0, 0.05) is 32.4 Å². The number of carbonyl (C=O) groups is 1. The van der Waals surface area contributed by atoms with E-state index in [-0.39, 0.29) is 11.9 Å². The number of piperazine rings is 1. The number of pyridine rings is 1. The van der Waals surface area contributed by atoms with Crippen LogP contribution in [0, 0.1) is 0 Å². The highest BCUT2D eigenvalue weighted by Gasteiger charge is 2.34. The molecule has 2 aromatic heterocycles. The maximum Gasteiger partial charge on any atom is 0.405 e. The van der Waals surface area contributed by atoms with Crippen LogP contribution in [0.15, 0.2) is 35.0 Å². The highest BCUT2D eigenvalue weighted by molar-refractivity contribution is 5.50. The molecule has 0 saturated carbocycles. The fourth-order valence-electron chi connectivity index (χ4n) is 2.70. The van der Waals surface area contributed by atoms with Crippen molar-refractivity contribution < 1.29 is 22.4 Å². The summed E-state index contributed by atoms with van der Waals surface area (Å²) in [6, 6.07) is 5.78. The van der Waals surface area contributed by atoms with E-state index in [1.165, 1.54) is 5.32 Å². The third-order valence-corrected chi connectivity index (χ3v) is 4.24. The monoisotopic (exact) mass is 399 g/mol. The summed E-state index contributed by atoms with van der Waals surface area (Å²) in [6.07, 6.45) is -0.755.